The van der Waals surface area contributed by atoms with Gasteiger partial charge in [-0.25, -0.2) is 14.4 Å². The van der Waals surface area contributed by atoms with Gasteiger partial charge in [-0.3, -0.25) is 0 Å². The van der Waals surface area contributed by atoms with Crippen molar-refractivity contribution in [3.05, 3.63) is 48.3 Å². The Labute approximate surface area is 206 Å². The minimum Gasteiger partial charge on any atom is -0.490 e. The molecule has 2 aliphatic carbocycles. The van der Waals surface area contributed by atoms with Gasteiger partial charge in [-0.2, -0.15) is 0 Å². The molecule has 0 bridgehead atoms. The Kier molecular flexibility index (Phi) is 5.28. The van der Waals surface area contributed by atoms with E-state index in [1.165, 1.54) is 19.3 Å². The van der Waals surface area contributed by atoms with Crippen molar-refractivity contribution in [1.29, 1.82) is 0 Å². The number of aromatic nitrogens is 2. The molecule has 0 amide bonds. The summed E-state index contributed by atoms with van der Waals surface area (Å²) < 4.78 is 26.0. The highest BCUT2D eigenvalue weighted by Gasteiger charge is 2.51. The smallest absolute Gasteiger partial charge is 0.123 e. The standard InChI is InChI=1S/C28H35FN4O2/c29-21-1-2-26(35-24-11-28(12-24)17-34-18-28)25(9-21)20-4-7-32(8-5-20)22-3-6-27(10-22)15-33(16-27)23-13-30-19-31-14-23/h1-2,9,13-14,19-20,22,24H,3-8,10-12,15-18H2. The molecule has 1 unspecified atom stereocenters. The second-order valence-electron chi connectivity index (χ2n) is 12.0. The topological polar surface area (TPSA) is 50.7 Å². The van der Waals surface area contributed by atoms with Crippen molar-refractivity contribution in [2.24, 2.45) is 10.8 Å². The number of rotatable bonds is 5. The lowest BCUT2D eigenvalue weighted by Crippen LogP contribution is -2.56. The minimum absolute atomic E-state index is 0.150. The van der Waals surface area contributed by atoms with Crippen LogP contribution in [0.4, 0.5) is 10.1 Å². The molecule has 35 heavy (non-hydrogen) atoms. The van der Waals surface area contributed by atoms with Crippen molar-refractivity contribution < 1.29 is 13.9 Å². The van der Waals surface area contributed by atoms with Gasteiger partial charge in [-0.15, -0.1) is 0 Å². The summed E-state index contributed by atoms with van der Waals surface area (Å²) in [5.41, 5.74) is 3.07. The summed E-state index contributed by atoms with van der Waals surface area (Å²) in [7, 11) is 0. The molecule has 5 aliphatic rings. The van der Waals surface area contributed by atoms with Crippen molar-refractivity contribution in [2.75, 3.05) is 44.3 Å². The first-order valence-corrected chi connectivity index (χ1v) is 13.4. The van der Waals surface area contributed by atoms with Gasteiger partial charge in [0, 0.05) is 35.5 Å². The number of hydrogen-bond acceptors (Lipinski definition) is 6. The fraction of sp³-hybridized carbons (Fsp3) is 0.643. The molecule has 6 nitrogen and oxygen atoms in total. The van der Waals surface area contributed by atoms with Crippen molar-refractivity contribution >= 4 is 5.69 Å². The summed E-state index contributed by atoms with van der Waals surface area (Å²) in [6, 6.07) is 5.83. The summed E-state index contributed by atoms with van der Waals surface area (Å²) in [4.78, 5) is 13.5. The highest BCUT2D eigenvalue weighted by atomic mass is 19.1. The molecule has 2 spiro atoms. The average molecular weight is 479 g/mol. The van der Waals surface area contributed by atoms with Crippen LogP contribution in [0.15, 0.2) is 36.9 Å². The zero-order chi connectivity index (χ0) is 23.5. The quantitative estimate of drug-likeness (QED) is 0.635. The molecule has 0 radical (unpaired) electrons. The van der Waals surface area contributed by atoms with E-state index in [2.05, 4.69) is 19.8 Å². The highest BCUT2D eigenvalue weighted by Crippen LogP contribution is 2.50. The Morgan fingerprint density at radius 3 is 2.46 bits per heavy atom. The summed E-state index contributed by atoms with van der Waals surface area (Å²) >= 11 is 0. The maximum atomic E-state index is 14.2. The van der Waals surface area contributed by atoms with Crippen molar-refractivity contribution in [3.63, 3.8) is 0 Å². The first-order valence-electron chi connectivity index (χ1n) is 13.4. The van der Waals surface area contributed by atoms with Gasteiger partial charge >= 0.3 is 0 Å². The molecule has 5 fully saturated rings. The maximum absolute atomic E-state index is 14.2. The van der Waals surface area contributed by atoms with E-state index in [0.29, 0.717) is 22.8 Å². The van der Waals surface area contributed by atoms with Crippen molar-refractivity contribution in [3.8, 4) is 5.75 Å². The number of piperidine rings is 1. The van der Waals surface area contributed by atoms with E-state index < -0.39 is 0 Å². The van der Waals surface area contributed by atoms with Gasteiger partial charge in [-0.05, 0) is 82.2 Å². The molecule has 2 saturated carbocycles. The third kappa shape index (κ3) is 4.01. The molecule has 3 aliphatic heterocycles. The van der Waals surface area contributed by atoms with Crippen LogP contribution in [-0.4, -0.2) is 66.4 Å². The SMILES string of the molecule is Fc1ccc(OC2CC3(COC3)C2)c(C2CCN(C3CCC4(C3)CN(c3cncnc3)C4)CC2)c1. The first kappa shape index (κ1) is 22.0. The van der Waals surface area contributed by atoms with E-state index in [9.17, 15) is 4.39 Å². The van der Waals surface area contributed by atoms with Crippen LogP contribution < -0.4 is 9.64 Å². The zero-order valence-corrected chi connectivity index (χ0v) is 20.4. The Bertz CT molecular complexity index is 1060. The number of halogens is 1. The number of hydrogen-bond donors (Lipinski definition) is 0. The van der Waals surface area contributed by atoms with Crippen LogP contribution in [-0.2, 0) is 4.74 Å². The predicted octanol–water partition coefficient (Wildman–Crippen LogP) is 4.41. The molecule has 4 heterocycles. The zero-order valence-electron chi connectivity index (χ0n) is 20.4. The normalized spacial score (nSPS) is 28.0. The molecule has 7 heteroatoms. The van der Waals surface area contributed by atoms with E-state index in [0.717, 1.165) is 82.1 Å². The molecule has 1 aromatic heterocycles. The predicted molar refractivity (Wildman–Crippen MR) is 131 cm³/mol. The second kappa shape index (κ2) is 8.41. The number of ether oxygens (including phenoxy) is 2. The Balaban J connectivity index is 0.944. The lowest BCUT2D eigenvalue weighted by Gasteiger charge is -2.52. The minimum atomic E-state index is -0.150. The second-order valence-corrected chi connectivity index (χ2v) is 12.0. The van der Waals surface area contributed by atoms with E-state index in [4.69, 9.17) is 9.47 Å². The molecular formula is C28H35FN4O2. The van der Waals surface area contributed by atoms with Crippen LogP contribution in [0, 0.1) is 16.6 Å². The van der Waals surface area contributed by atoms with Gasteiger partial charge in [-0.1, -0.05) is 0 Å². The van der Waals surface area contributed by atoms with Gasteiger partial charge in [0.15, 0.2) is 0 Å². The molecule has 7 rings (SSSR count). The van der Waals surface area contributed by atoms with E-state index in [1.807, 2.05) is 18.5 Å². The molecular weight excluding hydrogens is 443 g/mol. The van der Waals surface area contributed by atoms with E-state index in [1.54, 1.807) is 18.5 Å². The summed E-state index contributed by atoms with van der Waals surface area (Å²) in [5, 5.41) is 0. The Morgan fingerprint density at radius 2 is 1.74 bits per heavy atom. The average Bonchev–Trinajstić information content (AvgIpc) is 3.26. The van der Waals surface area contributed by atoms with Crippen molar-refractivity contribution in [1.82, 2.24) is 14.9 Å². The Hall–Kier alpha value is -2.25. The number of benzene rings is 1. The van der Waals surface area contributed by atoms with E-state index in [-0.39, 0.29) is 11.9 Å². The van der Waals surface area contributed by atoms with Crippen LogP contribution in [0.25, 0.3) is 0 Å². The lowest BCUT2D eigenvalue weighted by atomic mass is 9.65. The van der Waals surface area contributed by atoms with Crippen LogP contribution in [0.1, 0.15) is 56.4 Å². The summed E-state index contributed by atoms with van der Waals surface area (Å²) in [5.74, 6) is 1.14. The number of nitrogens with zero attached hydrogens (tertiary/aromatic N) is 4. The highest BCUT2D eigenvalue weighted by molar-refractivity contribution is 5.46. The summed E-state index contributed by atoms with van der Waals surface area (Å²) in [6.07, 6.45) is 13.9. The first-order chi connectivity index (χ1) is 17.1. The fourth-order valence-electron chi connectivity index (χ4n) is 7.49. The largest absolute Gasteiger partial charge is 0.490 e. The van der Waals surface area contributed by atoms with Crippen LogP contribution in [0.5, 0.6) is 5.75 Å². The molecule has 3 saturated heterocycles. The van der Waals surface area contributed by atoms with E-state index >= 15 is 0 Å². The lowest BCUT2D eigenvalue weighted by molar-refractivity contribution is -0.191. The molecule has 0 N–H and O–H groups in total. The Morgan fingerprint density at radius 1 is 0.971 bits per heavy atom. The molecule has 1 atom stereocenters. The molecule has 1 aromatic carbocycles. The van der Waals surface area contributed by atoms with Crippen molar-refractivity contribution in [2.45, 2.75) is 63.0 Å². The maximum Gasteiger partial charge on any atom is 0.123 e. The molecule has 2 aromatic rings. The van der Waals surface area contributed by atoms with Gasteiger partial charge in [0.25, 0.3) is 0 Å². The van der Waals surface area contributed by atoms with Crippen LogP contribution >= 0.6 is 0 Å². The van der Waals surface area contributed by atoms with Gasteiger partial charge in [0.2, 0.25) is 0 Å². The third-order valence-electron chi connectivity index (χ3n) is 9.53. The number of likely N-dealkylation sites (tertiary alicyclic amines) is 1. The summed E-state index contributed by atoms with van der Waals surface area (Å²) in [6.45, 7) is 6.21. The monoisotopic (exact) mass is 478 g/mol. The van der Waals surface area contributed by atoms with Gasteiger partial charge < -0.3 is 19.3 Å². The third-order valence-corrected chi connectivity index (χ3v) is 9.53. The number of anilines is 1. The van der Waals surface area contributed by atoms with Crippen LogP contribution in [0.3, 0.4) is 0 Å². The van der Waals surface area contributed by atoms with Crippen LogP contribution in [0.2, 0.25) is 0 Å². The fourth-order valence-corrected chi connectivity index (χ4v) is 7.49. The molecule has 186 valence electrons. The van der Waals surface area contributed by atoms with Gasteiger partial charge in [0.05, 0.1) is 31.3 Å². The van der Waals surface area contributed by atoms with Gasteiger partial charge in [0.1, 0.15) is 24.0 Å².